The third-order valence-electron chi connectivity index (χ3n) is 5.55. The number of rotatable bonds is 8. The van der Waals surface area contributed by atoms with Gasteiger partial charge in [0, 0.05) is 30.2 Å². The molecule has 0 spiro atoms. The van der Waals surface area contributed by atoms with Gasteiger partial charge in [-0.25, -0.2) is 5.43 Å². The second-order valence-corrected chi connectivity index (χ2v) is 7.32. The fourth-order valence-corrected chi connectivity index (χ4v) is 3.85. The molecular formula is C23H26N6O2. The van der Waals surface area contributed by atoms with Crippen molar-refractivity contribution in [2.24, 2.45) is 5.10 Å². The summed E-state index contributed by atoms with van der Waals surface area (Å²) in [5.74, 6) is 0.491. The summed E-state index contributed by atoms with van der Waals surface area (Å²) in [4.78, 5) is 26.8. The third kappa shape index (κ3) is 4.20. The van der Waals surface area contributed by atoms with Crippen molar-refractivity contribution >= 4 is 17.7 Å². The number of nitrogens with one attached hydrogen (secondary N) is 2. The predicted molar refractivity (Wildman–Crippen MR) is 119 cm³/mol. The number of furan rings is 1. The van der Waals surface area contributed by atoms with Crippen LogP contribution in [0.3, 0.4) is 0 Å². The first-order valence-electron chi connectivity index (χ1n) is 10.5. The second-order valence-electron chi connectivity index (χ2n) is 7.32. The zero-order chi connectivity index (χ0) is 21.8. The van der Waals surface area contributed by atoms with E-state index < -0.39 is 0 Å². The number of hydrazone groups is 1. The molecule has 3 aromatic rings. The number of aromatic nitrogens is 3. The van der Waals surface area contributed by atoms with Gasteiger partial charge in [0.05, 0.1) is 23.7 Å². The van der Waals surface area contributed by atoms with Crippen LogP contribution in [0.15, 0.2) is 52.1 Å². The van der Waals surface area contributed by atoms with Crippen molar-refractivity contribution in [3.8, 4) is 11.3 Å². The Bertz CT molecular complexity index is 1110. The van der Waals surface area contributed by atoms with Gasteiger partial charge in [-0.3, -0.25) is 14.8 Å². The fraction of sp³-hybridized carbons (Fsp3) is 0.304. The number of carbonyl (C=O) groups is 1. The van der Waals surface area contributed by atoms with Crippen LogP contribution in [0, 0.1) is 6.92 Å². The van der Waals surface area contributed by atoms with Crippen LogP contribution < -0.4 is 5.43 Å². The monoisotopic (exact) mass is 418 g/mol. The average Bonchev–Trinajstić information content (AvgIpc) is 3.50. The molecule has 1 aliphatic heterocycles. The zero-order valence-corrected chi connectivity index (χ0v) is 18.0. The molecular weight excluding hydrogens is 392 g/mol. The average molecular weight is 419 g/mol. The van der Waals surface area contributed by atoms with Gasteiger partial charge >= 0.3 is 0 Å². The standard InChI is InChI=1S/C23H26N6O2/c1-4-29(5-2)11-8-16-15(3)26-18(21(16)20-7-6-12-31-20)13-17-22(27-28-23(17)30)19-14-24-9-10-25-19/h6-7,9-10,12-14,26H,4-5,8,11H2,1-3H3,(H,28,30). The molecule has 0 saturated carbocycles. The molecule has 0 aliphatic carbocycles. The summed E-state index contributed by atoms with van der Waals surface area (Å²) in [7, 11) is 0. The van der Waals surface area contributed by atoms with Gasteiger partial charge in [-0.1, -0.05) is 13.8 Å². The molecule has 8 nitrogen and oxygen atoms in total. The Labute approximate surface area is 181 Å². The number of carbonyl (C=O) groups excluding carboxylic acids is 1. The number of aryl methyl sites for hydroxylation is 1. The lowest BCUT2D eigenvalue weighted by atomic mass is 10.00. The lowest BCUT2D eigenvalue weighted by molar-refractivity contribution is -0.116. The van der Waals surface area contributed by atoms with E-state index in [0.717, 1.165) is 48.8 Å². The van der Waals surface area contributed by atoms with E-state index in [0.29, 0.717) is 17.0 Å². The molecule has 4 rings (SSSR count). The van der Waals surface area contributed by atoms with Gasteiger partial charge in [-0.05, 0) is 50.2 Å². The molecule has 0 radical (unpaired) electrons. The van der Waals surface area contributed by atoms with Crippen molar-refractivity contribution in [3.05, 3.63) is 65.2 Å². The summed E-state index contributed by atoms with van der Waals surface area (Å²) in [5, 5.41) is 4.17. The van der Waals surface area contributed by atoms with E-state index in [2.05, 4.69) is 51.2 Å². The van der Waals surface area contributed by atoms with Gasteiger partial charge in [0.2, 0.25) is 0 Å². The molecule has 0 aromatic carbocycles. The highest BCUT2D eigenvalue weighted by Gasteiger charge is 2.27. The maximum atomic E-state index is 12.6. The molecule has 8 heteroatoms. The molecule has 31 heavy (non-hydrogen) atoms. The van der Waals surface area contributed by atoms with E-state index in [9.17, 15) is 4.79 Å². The fourth-order valence-electron chi connectivity index (χ4n) is 3.85. The van der Waals surface area contributed by atoms with Crippen molar-refractivity contribution in [1.29, 1.82) is 0 Å². The van der Waals surface area contributed by atoms with Crippen LogP contribution in [0.5, 0.6) is 0 Å². The normalized spacial score (nSPS) is 15.0. The summed E-state index contributed by atoms with van der Waals surface area (Å²) in [5.41, 5.74) is 8.01. The molecule has 0 atom stereocenters. The first kappa shape index (κ1) is 20.7. The summed E-state index contributed by atoms with van der Waals surface area (Å²) in [6, 6.07) is 3.81. The van der Waals surface area contributed by atoms with E-state index in [1.165, 1.54) is 5.56 Å². The van der Waals surface area contributed by atoms with Crippen LogP contribution >= 0.6 is 0 Å². The molecule has 160 valence electrons. The van der Waals surface area contributed by atoms with Crippen molar-refractivity contribution in [3.63, 3.8) is 0 Å². The van der Waals surface area contributed by atoms with Crippen molar-refractivity contribution in [2.75, 3.05) is 19.6 Å². The van der Waals surface area contributed by atoms with Crippen molar-refractivity contribution in [1.82, 2.24) is 25.3 Å². The second kappa shape index (κ2) is 9.09. The third-order valence-corrected chi connectivity index (χ3v) is 5.55. The van der Waals surface area contributed by atoms with E-state index in [1.807, 2.05) is 18.2 Å². The quantitative estimate of drug-likeness (QED) is 0.548. The van der Waals surface area contributed by atoms with Gasteiger partial charge in [-0.15, -0.1) is 0 Å². The molecule has 1 amide bonds. The SMILES string of the molecule is CCN(CC)CCc1c(C)[nH]c(C=C2C(=O)NN=C2c2cnccn2)c1-c1ccco1. The van der Waals surface area contributed by atoms with Gasteiger partial charge < -0.3 is 14.3 Å². The highest BCUT2D eigenvalue weighted by Crippen LogP contribution is 2.33. The number of H-pyrrole nitrogens is 1. The Kier molecular flexibility index (Phi) is 6.08. The van der Waals surface area contributed by atoms with E-state index in [1.54, 1.807) is 24.9 Å². The lowest BCUT2D eigenvalue weighted by Gasteiger charge is -2.18. The minimum absolute atomic E-state index is 0.275. The van der Waals surface area contributed by atoms with E-state index >= 15 is 0 Å². The van der Waals surface area contributed by atoms with Gasteiger partial charge in [0.1, 0.15) is 17.2 Å². The Morgan fingerprint density at radius 3 is 2.74 bits per heavy atom. The molecule has 0 saturated heterocycles. The first-order chi connectivity index (χ1) is 15.1. The van der Waals surface area contributed by atoms with Crippen LogP contribution in [0.4, 0.5) is 0 Å². The minimum Gasteiger partial charge on any atom is -0.464 e. The molecule has 0 bridgehead atoms. The Morgan fingerprint density at radius 2 is 2.06 bits per heavy atom. The van der Waals surface area contributed by atoms with Gasteiger partial charge in [0.25, 0.3) is 5.91 Å². The highest BCUT2D eigenvalue weighted by atomic mass is 16.3. The van der Waals surface area contributed by atoms with Crippen molar-refractivity contribution in [2.45, 2.75) is 27.2 Å². The Morgan fingerprint density at radius 1 is 1.23 bits per heavy atom. The van der Waals surface area contributed by atoms with Crippen LogP contribution in [-0.2, 0) is 11.2 Å². The lowest BCUT2D eigenvalue weighted by Crippen LogP contribution is -2.25. The Balaban J connectivity index is 1.77. The van der Waals surface area contributed by atoms with E-state index in [-0.39, 0.29) is 5.91 Å². The first-order valence-corrected chi connectivity index (χ1v) is 10.5. The molecule has 4 heterocycles. The largest absolute Gasteiger partial charge is 0.464 e. The maximum absolute atomic E-state index is 12.6. The smallest absolute Gasteiger partial charge is 0.273 e. The molecule has 1 aliphatic rings. The molecule has 0 unspecified atom stereocenters. The molecule has 0 fully saturated rings. The predicted octanol–water partition coefficient (Wildman–Crippen LogP) is 3.17. The molecule has 3 aromatic heterocycles. The number of aromatic amines is 1. The topological polar surface area (TPSA) is 99.4 Å². The van der Waals surface area contributed by atoms with Crippen LogP contribution in [-0.4, -0.2) is 51.1 Å². The highest BCUT2D eigenvalue weighted by molar-refractivity contribution is 6.32. The summed E-state index contributed by atoms with van der Waals surface area (Å²) in [6.07, 6.45) is 9.12. The van der Waals surface area contributed by atoms with Crippen LogP contribution in [0.25, 0.3) is 17.4 Å². The van der Waals surface area contributed by atoms with E-state index in [4.69, 9.17) is 4.42 Å². The van der Waals surface area contributed by atoms with Gasteiger partial charge in [0.15, 0.2) is 0 Å². The van der Waals surface area contributed by atoms with Crippen LogP contribution in [0.1, 0.15) is 36.5 Å². The Hall–Kier alpha value is -3.52. The number of nitrogens with zero attached hydrogens (tertiary/aromatic N) is 4. The summed E-state index contributed by atoms with van der Waals surface area (Å²) >= 11 is 0. The summed E-state index contributed by atoms with van der Waals surface area (Å²) < 4.78 is 5.76. The van der Waals surface area contributed by atoms with Gasteiger partial charge in [-0.2, -0.15) is 5.10 Å². The minimum atomic E-state index is -0.275. The summed E-state index contributed by atoms with van der Waals surface area (Å²) in [6.45, 7) is 9.35. The number of amides is 1. The number of likely N-dealkylation sites (N-methyl/N-ethyl adjacent to an activating group) is 1. The maximum Gasteiger partial charge on any atom is 0.273 e. The number of hydrogen-bond donors (Lipinski definition) is 2. The van der Waals surface area contributed by atoms with Crippen LogP contribution in [0.2, 0.25) is 0 Å². The van der Waals surface area contributed by atoms with Crippen molar-refractivity contribution < 1.29 is 9.21 Å². The molecule has 2 N–H and O–H groups in total. The zero-order valence-electron chi connectivity index (χ0n) is 18.0. The number of hydrogen-bond acceptors (Lipinski definition) is 6.